The number of aryl methyl sites for hydroxylation is 1. The fourth-order valence-corrected chi connectivity index (χ4v) is 3.20. The van der Waals surface area contributed by atoms with Crippen LogP contribution in [-0.2, 0) is 4.79 Å². The van der Waals surface area contributed by atoms with Crippen molar-refractivity contribution in [3.63, 3.8) is 0 Å². The van der Waals surface area contributed by atoms with Crippen LogP contribution in [-0.4, -0.2) is 22.7 Å². The van der Waals surface area contributed by atoms with Crippen LogP contribution in [0.1, 0.15) is 50.5 Å². The summed E-state index contributed by atoms with van der Waals surface area (Å²) in [6.07, 6.45) is 10.6. The molecule has 110 valence electrons. The third kappa shape index (κ3) is 5.53. The van der Waals surface area contributed by atoms with Crippen LogP contribution in [0.25, 0.3) is 0 Å². The summed E-state index contributed by atoms with van der Waals surface area (Å²) >= 11 is 1.51. The summed E-state index contributed by atoms with van der Waals surface area (Å²) < 4.78 is 0. The molecule has 20 heavy (non-hydrogen) atoms. The molecule has 0 aromatic carbocycles. The van der Waals surface area contributed by atoms with Gasteiger partial charge in [0.05, 0.1) is 10.8 Å². The molecule has 0 saturated heterocycles. The first-order valence-electron chi connectivity index (χ1n) is 7.59. The summed E-state index contributed by atoms with van der Waals surface area (Å²) in [5.74, 6) is 0.606. The Labute approximate surface area is 125 Å². The van der Waals surface area contributed by atoms with Crippen LogP contribution in [0.3, 0.4) is 0 Å². The maximum absolute atomic E-state index is 12.0. The highest BCUT2D eigenvalue weighted by Gasteiger charge is 2.14. The molecule has 0 bridgehead atoms. The second-order valence-corrected chi connectivity index (χ2v) is 6.57. The van der Waals surface area contributed by atoms with E-state index in [4.69, 9.17) is 0 Å². The zero-order valence-corrected chi connectivity index (χ0v) is 13.0. The van der Waals surface area contributed by atoms with Crippen molar-refractivity contribution in [3.8, 4) is 0 Å². The average Bonchev–Trinajstić information content (AvgIpc) is 2.41. The molecule has 2 rings (SSSR count). The van der Waals surface area contributed by atoms with Crippen LogP contribution in [0, 0.1) is 6.92 Å². The average molecular weight is 292 g/mol. The lowest BCUT2D eigenvalue weighted by molar-refractivity contribution is -0.119. The Hall–Kier alpha value is -1.03. The van der Waals surface area contributed by atoms with E-state index >= 15 is 0 Å². The number of amides is 1. The second kappa shape index (κ2) is 8.30. The number of rotatable bonds is 4. The first-order valence-corrected chi connectivity index (χ1v) is 8.57. The van der Waals surface area contributed by atoms with Gasteiger partial charge < -0.3 is 5.32 Å². The molecular weight excluding hydrogens is 268 g/mol. The Bertz CT molecular complexity index is 411. The molecule has 1 aliphatic rings. The fraction of sp³-hybridized carbons (Fsp3) is 0.625. The molecule has 1 fully saturated rings. The quantitative estimate of drug-likeness (QED) is 0.860. The lowest BCUT2D eigenvalue weighted by atomic mass is 9.97. The molecule has 1 aromatic heterocycles. The van der Waals surface area contributed by atoms with Crippen molar-refractivity contribution in [2.75, 3.05) is 5.75 Å². The normalized spacial score (nSPS) is 17.2. The van der Waals surface area contributed by atoms with Crippen molar-refractivity contribution in [1.29, 1.82) is 0 Å². The summed E-state index contributed by atoms with van der Waals surface area (Å²) in [6.45, 7) is 2.02. The zero-order chi connectivity index (χ0) is 14.2. The molecule has 1 saturated carbocycles. The number of hydrogen-bond donors (Lipinski definition) is 1. The van der Waals surface area contributed by atoms with E-state index in [0.717, 1.165) is 23.4 Å². The number of pyridine rings is 1. The van der Waals surface area contributed by atoms with Gasteiger partial charge in [0, 0.05) is 12.2 Å². The Kier molecular flexibility index (Phi) is 6.37. The molecule has 1 aromatic rings. The van der Waals surface area contributed by atoms with Gasteiger partial charge in [-0.05, 0) is 31.4 Å². The van der Waals surface area contributed by atoms with Crippen LogP contribution >= 0.6 is 11.8 Å². The van der Waals surface area contributed by atoms with Crippen molar-refractivity contribution >= 4 is 17.7 Å². The van der Waals surface area contributed by atoms with Gasteiger partial charge >= 0.3 is 0 Å². The van der Waals surface area contributed by atoms with Crippen molar-refractivity contribution in [2.24, 2.45) is 0 Å². The highest BCUT2D eigenvalue weighted by molar-refractivity contribution is 7.99. The standard InChI is InChI=1S/C16H24N2OS/c1-13-9-10-16(17-11-13)20-12-15(19)18-14-7-5-3-2-4-6-8-14/h9-11,14H,2-8,12H2,1H3,(H,18,19). The summed E-state index contributed by atoms with van der Waals surface area (Å²) in [5, 5.41) is 4.10. The van der Waals surface area contributed by atoms with Crippen molar-refractivity contribution in [1.82, 2.24) is 10.3 Å². The highest BCUT2D eigenvalue weighted by atomic mass is 32.2. The monoisotopic (exact) mass is 292 g/mol. The van der Waals surface area contributed by atoms with Gasteiger partial charge in [-0.25, -0.2) is 4.98 Å². The Morgan fingerprint density at radius 1 is 1.25 bits per heavy atom. The lowest BCUT2D eigenvalue weighted by Crippen LogP contribution is -2.36. The smallest absolute Gasteiger partial charge is 0.230 e. The van der Waals surface area contributed by atoms with Gasteiger partial charge in [0.15, 0.2) is 0 Å². The first-order chi connectivity index (χ1) is 9.74. The van der Waals surface area contributed by atoms with Gasteiger partial charge in [-0.3, -0.25) is 4.79 Å². The van der Waals surface area contributed by atoms with E-state index in [0.29, 0.717) is 11.8 Å². The topological polar surface area (TPSA) is 42.0 Å². The number of nitrogens with zero attached hydrogens (tertiary/aromatic N) is 1. The number of thioether (sulfide) groups is 1. The second-order valence-electron chi connectivity index (χ2n) is 5.57. The van der Waals surface area contributed by atoms with Crippen LogP contribution in [0.5, 0.6) is 0 Å². The molecule has 0 unspecified atom stereocenters. The molecule has 0 radical (unpaired) electrons. The molecule has 1 amide bonds. The summed E-state index contributed by atoms with van der Waals surface area (Å²) in [4.78, 5) is 16.3. The molecule has 0 aliphatic heterocycles. The lowest BCUT2D eigenvalue weighted by Gasteiger charge is -2.20. The van der Waals surface area contributed by atoms with E-state index in [1.165, 1.54) is 43.9 Å². The van der Waals surface area contributed by atoms with Gasteiger partial charge in [0.1, 0.15) is 0 Å². The summed E-state index contributed by atoms with van der Waals surface area (Å²) in [6, 6.07) is 4.39. The number of carbonyl (C=O) groups excluding carboxylic acids is 1. The SMILES string of the molecule is Cc1ccc(SCC(=O)NC2CCCCCCC2)nc1. The van der Waals surface area contributed by atoms with Crippen molar-refractivity contribution in [3.05, 3.63) is 23.9 Å². The molecule has 1 aliphatic carbocycles. The molecule has 0 spiro atoms. The third-order valence-corrected chi connectivity index (χ3v) is 4.65. The Morgan fingerprint density at radius 2 is 1.95 bits per heavy atom. The molecule has 0 atom stereocenters. The number of hydrogen-bond acceptors (Lipinski definition) is 3. The predicted octanol–water partition coefficient (Wildman–Crippen LogP) is 3.71. The molecule has 1 heterocycles. The van der Waals surface area contributed by atoms with Gasteiger partial charge in [-0.1, -0.05) is 49.9 Å². The molecule has 1 N–H and O–H groups in total. The largest absolute Gasteiger partial charge is 0.353 e. The highest BCUT2D eigenvalue weighted by Crippen LogP contribution is 2.18. The van der Waals surface area contributed by atoms with E-state index in [9.17, 15) is 4.79 Å². The molecule has 4 heteroatoms. The van der Waals surface area contributed by atoms with Crippen LogP contribution in [0.4, 0.5) is 0 Å². The fourth-order valence-electron chi connectivity index (χ4n) is 2.55. The van der Waals surface area contributed by atoms with E-state index < -0.39 is 0 Å². The Morgan fingerprint density at radius 3 is 2.60 bits per heavy atom. The zero-order valence-electron chi connectivity index (χ0n) is 12.2. The van der Waals surface area contributed by atoms with Gasteiger partial charge in [0.2, 0.25) is 5.91 Å². The Balaban J connectivity index is 1.72. The van der Waals surface area contributed by atoms with Gasteiger partial charge in [-0.15, -0.1) is 0 Å². The minimum Gasteiger partial charge on any atom is -0.353 e. The van der Waals surface area contributed by atoms with Crippen molar-refractivity contribution < 1.29 is 4.79 Å². The van der Waals surface area contributed by atoms with E-state index in [1.54, 1.807) is 0 Å². The van der Waals surface area contributed by atoms with Crippen LogP contribution in [0.2, 0.25) is 0 Å². The third-order valence-electron chi connectivity index (χ3n) is 3.71. The van der Waals surface area contributed by atoms with Crippen LogP contribution in [0.15, 0.2) is 23.4 Å². The summed E-state index contributed by atoms with van der Waals surface area (Å²) in [5.41, 5.74) is 1.15. The molecule has 3 nitrogen and oxygen atoms in total. The van der Waals surface area contributed by atoms with E-state index in [1.807, 2.05) is 25.3 Å². The van der Waals surface area contributed by atoms with E-state index in [-0.39, 0.29) is 5.91 Å². The number of aromatic nitrogens is 1. The van der Waals surface area contributed by atoms with Crippen molar-refractivity contribution in [2.45, 2.75) is 62.9 Å². The predicted molar refractivity (Wildman–Crippen MR) is 83.9 cm³/mol. The maximum atomic E-state index is 12.0. The van der Waals surface area contributed by atoms with E-state index in [2.05, 4.69) is 10.3 Å². The molecular formula is C16H24N2OS. The van der Waals surface area contributed by atoms with Crippen LogP contribution < -0.4 is 5.32 Å². The van der Waals surface area contributed by atoms with Gasteiger partial charge in [-0.2, -0.15) is 0 Å². The number of carbonyl (C=O) groups is 1. The summed E-state index contributed by atoms with van der Waals surface area (Å²) in [7, 11) is 0. The minimum absolute atomic E-state index is 0.142. The minimum atomic E-state index is 0.142. The van der Waals surface area contributed by atoms with Gasteiger partial charge in [0.25, 0.3) is 0 Å². The first kappa shape index (κ1) is 15.4. The number of nitrogens with one attached hydrogen (secondary N) is 1. The maximum Gasteiger partial charge on any atom is 0.230 e.